The van der Waals surface area contributed by atoms with Crippen LogP contribution in [0.4, 0.5) is 0 Å². The Bertz CT molecular complexity index is 213. The van der Waals surface area contributed by atoms with E-state index in [4.69, 9.17) is 11.2 Å². The number of thioether (sulfide) groups is 1. The molecule has 0 bridgehead atoms. The molecule has 1 atom stereocenters. The zero-order valence-electron chi connectivity index (χ0n) is 9.41. The Kier molecular flexibility index (Phi) is 9.44. The van der Waals surface area contributed by atoms with Crippen molar-refractivity contribution < 1.29 is 9.53 Å². The van der Waals surface area contributed by atoms with Gasteiger partial charge in [-0.2, -0.15) is 11.8 Å². The Morgan fingerprint density at radius 3 is 2.93 bits per heavy atom. The molecule has 0 rings (SSSR count). The molecule has 1 unspecified atom stereocenters. The fourth-order valence-electron chi connectivity index (χ4n) is 1.16. The molecule has 0 aliphatic heterocycles. The molecule has 0 saturated heterocycles. The van der Waals surface area contributed by atoms with Gasteiger partial charge in [0.2, 0.25) is 0 Å². The molecular weight excluding hydrogens is 210 g/mol. The molecule has 86 valence electrons. The van der Waals surface area contributed by atoms with E-state index in [0.29, 0.717) is 13.2 Å². The van der Waals surface area contributed by atoms with E-state index in [1.54, 1.807) is 18.7 Å². The van der Waals surface area contributed by atoms with Crippen molar-refractivity contribution in [2.24, 2.45) is 0 Å². The summed E-state index contributed by atoms with van der Waals surface area (Å²) in [5.41, 5.74) is 0. The van der Waals surface area contributed by atoms with Gasteiger partial charge in [0.05, 0.1) is 13.2 Å². The van der Waals surface area contributed by atoms with E-state index in [0.717, 1.165) is 18.6 Å². The standard InChI is InChI=1S/C11H19NO2S/c1-4-8-12-10(7-6-9-15-3)11(13)14-5-2/h1,10,12H,5-9H2,2-3H3. The summed E-state index contributed by atoms with van der Waals surface area (Å²) in [7, 11) is 0. The third-order valence-corrected chi connectivity index (χ3v) is 2.56. The SMILES string of the molecule is C#CCNC(CCCSC)C(=O)OCC. The molecule has 4 heteroatoms. The Hall–Kier alpha value is -0.660. The van der Waals surface area contributed by atoms with Crippen LogP contribution in [0.5, 0.6) is 0 Å². The van der Waals surface area contributed by atoms with E-state index >= 15 is 0 Å². The van der Waals surface area contributed by atoms with Crippen LogP contribution in [0.25, 0.3) is 0 Å². The number of carbonyl (C=O) groups is 1. The number of terminal acetylenes is 1. The Morgan fingerprint density at radius 2 is 2.40 bits per heavy atom. The average Bonchev–Trinajstić information content (AvgIpc) is 2.23. The van der Waals surface area contributed by atoms with E-state index in [1.165, 1.54) is 0 Å². The van der Waals surface area contributed by atoms with Crippen LogP contribution < -0.4 is 5.32 Å². The third-order valence-electron chi connectivity index (χ3n) is 1.86. The lowest BCUT2D eigenvalue weighted by Gasteiger charge is -2.15. The summed E-state index contributed by atoms with van der Waals surface area (Å²) >= 11 is 1.77. The van der Waals surface area contributed by atoms with Gasteiger partial charge in [-0.3, -0.25) is 10.1 Å². The van der Waals surface area contributed by atoms with Gasteiger partial charge in [0.15, 0.2) is 0 Å². The number of carbonyl (C=O) groups excluding carboxylic acids is 1. The fourth-order valence-corrected chi connectivity index (χ4v) is 1.62. The number of hydrogen-bond donors (Lipinski definition) is 1. The molecule has 0 heterocycles. The van der Waals surface area contributed by atoms with Crippen molar-refractivity contribution in [3.63, 3.8) is 0 Å². The predicted molar refractivity (Wildman–Crippen MR) is 64.9 cm³/mol. The van der Waals surface area contributed by atoms with Crippen LogP contribution in [0.3, 0.4) is 0 Å². The number of rotatable bonds is 8. The van der Waals surface area contributed by atoms with Crippen molar-refractivity contribution in [1.29, 1.82) is 0 Å². The summed E-state index contributed by atoms with van der Waals surface area (Å²) in [5.74, 6) is 3.31. The van der Waals surface area contributed by atoms with Crippen LogP contribution in [-0.4, -0.2) is 37.2 Å². The van der Waals surface area contributed by atoms with E-state index in [9.17, 15) is 4.79 Å². The molecule has 0 aliphatic rings. The van der Waals surface area contributed by atoms with Gasteiger partial charge in [-0.25, -0.2) is 0 Å². The molecule has 1 N–H and O–H groups in total. The van der Waals surface area contributed by atoms with E-state index < -0.39 is 0 Å². The Labute approximate surface area is 96.3 Å². The van der Waals surface area contributed by atoms with Gasteiger partial charge in [0, 0.05) is 0 Å². The number of hydrogen-bond acceptors (Lipinski definition) is 4. The smallest absolute Gasteiger partial charge is 0.323 e. The minimum Gasteiger partial charge on any atom is -0.465 e. The maximum Gasteiger partial charge on any atom is 0.323 e. The van der Waals surface area contributed by atoms with Crippen LogP contribution in [-0.2, 0) is 9.53 Å². The monoisotopic (exact) mass is 229 g/mol. The van der Waals surface area contributed by atoms with Crippen LogP contribution >= 0.6 is 11.8 Å². The second kappa shape index (κ2) is 9.88. The molecule has 0 saturated carbocycles. The summed E-state index contributed by atoms with van der Waals surface area (Å²) in [6, 6.07) is -0.256. The van der Waals surface area contributed by atoms with Gasteiger partial charge < -0.3 is 4.74 Å². The minimum absolute atomic E-state index is 0.200. The van der Waals surface area contributed by atoms with Crippen LogP contribution in [0.15, 0.2) is 0 Å². The number of ether oxygens (including phenoxy) is 1. The summed E-state index contributed by atoms with van der Waals surface area (Å²) in [5, 5.41) is 2.99. The zero-order chi connectivity index (χ0) is 11.5. The molecule has 0 aromatic carbocycles. The molecule has 0 amide bonds. The Balaban J connectivity index is 3.94. The zero-order valence-corrected chi connectivity index (χ0v) is 10.2. The fraction of sp³-hybridized carbons (Fsp3) is 0.727. The van der Waals surface area contributed by atoms with Gasteiger partial charge in [0.1, 0.15) is 6.04 Å². The first-order chi connectivity index (χ1) is 7.26. The summed E-state index contributed by atoms with van der Waals surface area (Å²) in [6.07, 6.45) is 8.95. The molecule has 0 fully saturated rings. The first-order valence-electron chi connectivity index (χ1n) is 5.08. The molecule has 0 aromatic heterocycles. The highest BCUT2D eigenvalue weighted by Gasteiger charge is 2.17. The summed E-state index contributed by atoms with van der Waals surface area (Å²) in [4.78, 5) is 11.5. The van der Waals surface area contributed by atoms with Crippen LogP contribution in [0.2, 0.25) is 0 Å². The number of esters is 1. The highest BCUT2D eigenvalue weighted by atomic mass is 32.2. The van der Waals surface area contributed by atoms with Gasteiger partial charge in [-0.05, 0) is 31.8 Å². The van der Waals surface area contributed by atoms with Gasteiger partial charge in [0.25, 0.3) is 0 Å². The average molecular weight is 229 g/mol. The normalized spacial score (nSPS) is 11.8. The highest BCUT2D eigenvalue weighted by molar-refractivity contribution is 7.98. The predicted octanol–water partition coefficient (Wildman–Crippen LogP) is 1.28. The molecular formula is C11H19NO2S. The lowest BCUT2D eigenvalue weighted by Crippen LogP contribution is -2.38. The highest BCUT2D eigenvalue weighted by Crippen LogP contribution is 2.04. The lowest BCUT2D eigenvalue weighted by molar-refractivity contribution is -0.145. The Morgan fingerprint density at radius 1 is 1.67 bits per heavy atom. The maximum absolute atomic E-state index is 11.5. The van der Waals surface area contributed by atoms with Crippen molar-refractivity contribution >= 4 is 17.7 Å². The second-order valence-corrected chi connectivity index (χ2v) is 4.01. The lowest BCUT2D eigenvalue weighted by atomic mass is 10.1. The summed E-state index contributed by atoms with van der Waals surface area (Å²) in [6.45, 7) is 2.62. The quantitative estimate of drug-likeness (QED) is 0.387. The maximum atomic E-state index is 11.5. The van der Waals surface area contributed by atoms with Crippen molar-refractivity contribution in [3.05, 3.63) is 0 Å². The van der Waals surface area contributed by atoms with E-state index in [-0.39, 0.29) is 12.0 Å². The van der Waals surface area contributed by atoms with Crippen LogP contribution in [0.1, 0.15) is 19.8 Å². The topological polar surface area (TPSA) is 38.3 Å². The van der Waals surface area contributed by atoms with Crippen molar-refractivity contribution in [2.75, 3.05) is 25.2 Å². The molecule has 3 nitrogen and oxygen atoms in total. The van der Waals surface area contributed by atoms with Crippen molar-refractivity contribution in [2.45, 2.75) is 25.8 Å². The van der Waals surface area contributed by atoms with Gasteiger partial charge in [-0.15, -0.1) is 6.42 Å². The van der Waals surface area contributed by atoms with Gasteiger partial charge in [-0.1, -0.05) is 5.92 Å². The van der Waals surface area contributed by atoms with Gasteiger partial charge >= 0.3 is 5.97 Å². The van der Waals surface area contributed by atoms with Crippen LogP contribution in [0, 0.1) is 12.3 Å². The van der Waals surface area contributed by atoms with Crippen molar-refractivity contribution in [3.8, 4) is 12.3 Å². The van der Waals surface area contributed by atoms with Crippen molar-refractivity contribution in [1.82, 2.24) is 5.32 Å². The molecule has 0 aliphatic carbocycles. The first-order valence-corrected chi connectivity index (χ1v) is 6.48. The largest absolute Gasteiger partial charge is 0.465 e. The molecule has 0 spiro atoms. The third kappa shape index (κ3) is 7.29. The first kappa shape index (κ1) is 14.3. The number of nitrogens with one attached hydrogen (secondary N) is 1. The molecule has 15 heavy (non-hydrogen) atoms. The van der Waals surface area contributed by atoms with E-state index in [2.05, 4.69) is 11.2 Å². The molecule has 0 radical (unpaired) electrons. The second-order valence-electron chi connectivity index (χ2n) is 3.02. The minimum atomic E-state index is -0.256. The summed E-state index contributed by atoms with van der Waals surface area (Å²) < 4.78 is 4.95. The molecule has 0 aromatic rings. The van der Waals surface area contributed by atoms with E-state index in [1.807, 2.05) is 6.26 Å².